The maximum Gasteiger partial charge on any atom is 0.338 e. The summed E-state index contributed by atoms with van der Waals surface area (Å²) in [4.78, 5) is 12.0. The zero-order valence-electron chi connectivity index (χ0n) is 12.1. The van der Waals surface area contributed by atoms with Gasteiger partial charge in [-0.15, -0.1) is 0 Å². The Kier molecular flexibility index (Phi) is 5.12. The number of carbonyl (C=O) groups excluding carboxylic acids is 1. The average molecular weight is 316 g/mol. The van der Waals surface area contributed by atoms with Crippen molar-refractivity contribution >= 4 is 21.9 Å². The van der Waals surface area contributed by atoms with Gasteiger partial charge in [0.25, 0.3) is 0 Å². The van der Waals surface area contributed by atoms with E-state index in [1.54, 1.807) is 6.08 Å². The molecule has 0 bridgehead atoms. The molecule has 0 N–H and O–H groups in total. The van der Waals surface area contributed by atoms with E-state index in [4.69, 9.17) is 4.74 Å². The zero-order chi connectivity index (χ0) is 16.0. The predicted molar refractivity (Wildman–Crippen MR) is 85.3 cm³/mol. The molecule has 0 radical (unpaired) electrons. The highest BCUT2D eigenvalue weighted by atomic mass is 32.2. The summed E-state index contributed by atoms with van der Waals surface area (Å²) in [5.74, 6) is -0.488. The van der Waals surface area contributed by atoms with Crippen molar-refractivity contribution < 1.29 is 17.9 Å². The molecule has 2 rings (SSSR count). The summed E-state index contributed by atoms with van der Waals surface area (Å²) in [7, 11) is -3.26. The Bertz CT molecular complexity index is 760. The van der Waals surface area contributed by atoms with Crippen LogP contribution >= 0.6 is 0 Å². The lowest BCUT2D eigenvalue weighted by atomic mass is 10.2. The molecule has 0 spiro atoms. The molecule has 0 heterocycles. The average Bonchev–Trinajstić information content (AvgIpc) is 2.52. The van der Waals surface area contributed by atoms with Crippen LogP contribution in [0.4, 0.5) is 0 Å². The number of hydrogen-bond donors (Lipinski definition) is 0. The van der Waals surface area contributed by atoms with Gasteiger partial charge in [0.05, 0.1) is 10.5 Å². The number of hydrogen-bond acceptors (Lipinski definition) is 4. The number of sulfone groups is 1. The van der Waals surface area contributed by atoms with Crippen LogP contribution in [0.2, 0.25) is 0 Å². The molecule has 0 fully saturated rings. The van der Waals surface area contributed by atoms with Crippen LogP contribution < -0.4 is 0 Å². The Hall–Kier alpha value is -2.40. The molecule has 0 unspecified atom stereocenters. The van der Waals surface area contributed by atoms with Crippen molar-refractivity contribution in [2.24, 2.45) is 0 Å². The highest BCUT2D eigenvalue weighted by Crippen LogP contribution is 2.11. The molecule has 114 valence electrons. The molecule has 5 heteroatoms. The maximum atomic E-state index is 11.8. The summed E-state index contributed by atoms with van der Waals surface area (Å²) in [5.41, 5.74) is 1.34. The van der Waals surface area contributed by atoms with E-state index in [1.807, 2.05) is 36.4 Å². The van der Waals surface area contributed by atoms with Gasteiger partial charge >= 0.3 is 5.97 Å². The Morgan fingerprint density at radius 3 is 2.27 bits per heavy atom. The van der Waals surface area contributed by atoms with E-state index in [0.29, 0.717) is 5.56 Å². The minimum Gasteiger partial charge on any atom is -0.458 e. The van der Waals surface area contributed by atoms with Crippen LogP contribution in [0.3, 0.4) is 0 Å². The van der Waals surface area contributed by atoms with Crippen molar-refractivity contribution in [1.82, 2.24) is 0 Å². The second-order valence-corrected chi connectivity index (χ2v) is 6.72. The van der Waals surface area contributed by atoms with E-state index in [1.165, 1.54) is 24.3 Å². The Labute approximate surface area is 130 Å². The fourth-order valence-electron chi connectivity index (χ4n) is 1.79. The fraction of sp³-hybridized carbons (Fsp3) is 0.118. The van der Waals surface area contributed by atoms with Crippen molar-refractivity contribution in [3.63, 3.8) is 0 Å². The standard InChI is InChI=1S/C17H16O4S/c1-22(19,20)16-11-9-15(10-12-16)17(18)21-13-5-8-14-6-3-2-4-7-14/h2-12H,13H2,1H3/b8-5+. The van der Waals surface area contributed by atoms with Gasteiger partial charge in [-0.25, -0.2) is 13.2 Å². The first kappa shape index (κ1) is 16.0. The summed E-state index contributed by atoms with van der Waals surface area (Å²) < 4.78 is 27.8. The second-order valence-electron chi connectivity index (χ2n) is 4.71. The van der Waals surface area contributed by atoms with E-state index in [0.717, 1.165) is 11.8 Å². The summed E-state index contributed by atoms with van der Waals surface area (Å²) >= 11 is 0. The third kappa shape index (κ3) is 4.56. The lowest BCUT2D eigenvalue weighted by molar-refractivity contribution is 0.0550. The van der Waals surface area contributed by atoms with E-state index >= 15 is 0 Å². The number of carbonyl (C=O) groups is 1. The second kappa shape index (κ2) is 7.04. The molecular formula is C17H16O4S. The van der Waals surface area contributed by atoms with Crippen molar-refractivity contribution in [2.75, 3.05) is 12.9 Å². The van der Waals surface area contributed by atoms with Crippen LogP contribution in [0.25, 0.3) is 6.08 Å². The van der Waals surface area contributed by atoms with Gasteiger partial charge in [-0.05, 0) is 35.9 Å². The molecule has 0 aliphatic heterocycles. The van der Waals surface area contributed by atoms with Gasteiger partial charge in [0.1, 0.15) is 6.61 Å². The maximum absolute atomic E-state index is 11.8. The highest BCUT2D eigenvalue weighted by molar-refractivity contribution is 7.90. The third-order valence-electron chi connectivity index (χ3n) is 2.94. The minimum absolute atomic E-state index is 0.154. The van der Waals surface area contributed by atoms with E-state index in [2.05, 4.69) is 0 Å². The first-order chi connectivity index (χ1) is 10.5. The lowest BCUT2D eigenvalue weighted by Crippen LogP contribution is -2.05. The van der Waals surface area contributed by atoms with E-state index in [-0.39, 0.29) is 11.5 Å². The highest BCUT2D eigenvalue weighted by Gasteiger charge is 2.10. The van der Waals surface area contributed by atoms with Crippen molar-refractivity contribution in [2.45, 2.75) is 4.90 Å². The normalized spacial score (nSPS) is 11.5. The van der Waals surface area contributed by atoms with Crippen LogP contribution in [-0.2, 0) is 14.6 Å². The smallest absolute Gasteiger partial charge is 0.338 e. The van der Waals surface area contributed by atoms with Crippen molar-refractivity contribution in [1.29, 1.82) is 0 Å². The number of esters is 1. The molecule has 0 saturated carbocycles. The molecule has 0 aliphatic rings. The SMILES string of the molecule is CS(=O)(=O)c1ccc(C(=O)OC/C=C/c2ccccc2)cc1. The van der Waals surface area contributed by atoms with Crippen LogP contribution in [0.5, 0.6) is 0 Å². The quantitative estimate of drug-likeness (QED) is 0.796. The molecule has 0 atom stereocenters. The minimum atomic E-state index is -3.26. The topological polar surface area (TPSA) is 60.4 Å². The monoisotopic (exact) mass is 316 g/mol. The molecule has 0 aromatic heterocycles. The zero-order valence-corrected chi connectivity index (χ0v) is 12.9. The summed E-state index contributed by atoms with van der Waals surface area (Å²) in [6, 6.07) is 15.3. The number of ether oxygens (including phenoxy) is 1. The molecule has 4 nitrogen and oxygen atoms in total. The van der Waals surface area contributed by atoms with Gasteiger partial charge < -0.3 is 4.74 Å². The number of rotatable bonds is 5. The van der Waals surface area contributed by atoms with Crippen molar-refractivity contribution in [3.8, 4) is 0 Å². The Balaban J connectivity index is 1.91. The first-order valence-corrected chi connectivity index (χ1v) is 8.55. The predicted octanol–water partition coefficient (Wildman–Crippen LogP) is 2.96. The summed E-state index contributed by atoms with van der Waals surface area (Å²) in [6.45, 7) is 0.154. The lowest BCUT2D eigenvalue weighted by Gasteiger charge is -2.03. The van der Waals surface area contributed by atoms with Gasteiger partial charge in [0.2, 0.25) is 0 Å². The third-order valence-corrected chi connectivity index (χ3v) is 4.07. The fourth-order valence-corrected chi connectivity index (χ4v) is 2.42. The molecule has 2 aromatic rings. The van der Waals surface area contributed by atoms with Gasteiger partial charge in [0, 0.05) is 6.26 Å². The van der Waals surface area contributed by atoms with Crippen LogP contribution in [-0.4, -0.2) is 27.2 Å². The number of benzene rings is 2. The Morgan fingerprint density at radius 2 is 1.68 bits per heavy atom. The molecule has 2 aromatic carbocycles. The molecule has 0 saturated heterocycles. The van der Waals surface area contributed by atoms with Gasteiger partial charge in [-0.2, -0.15) is 0 Å². The first-order valence-electron chi connectivity index (χ1n) is 6.65. The van der Waals surface area contributed by atoms with Gasteiger partial charge in [0.15, 0.2) is 9.84 Å². The van der Waals surface area contributed by atoms with E-state index in [9.17, 15) is 13.2 Å². The molecule has 0 aliphatic carbocycles. The molecule has 22 heavy (non-hydrogen) atoms. The Morgan fingerprint density at radius 1 is 1.05 bits per heavy atom. The summed E-state index contributed by atoms with van der Waals surface area (Å²) in [5, 5.41) is 0. The van der Waals surface area contributed by atoms with Crippen LogP contribution in [0.1, 0.15) is 15.9 Å². The van der Waals surface area contributed by atoms with Gasteiger partial charge in [-0.3, -0.25) is 0 Å². The van der Waals surface area contributed by atoms with Crippen LogP contribution in [0, 0.1) is 0 Å². The van der Waals surface area contributed by atoms with Crippen LogP contribution in [0.15, 0.2) is 65.6 Å². The van der Waals surface area contributed by atoms with Crippen molar-refractivity contribution in [3.05, 3.63) is 71.8 Å². The van der Waals surface area contributed by atoms with Gasteiger partial charge in [-0.1, -0.05) is 36.4 Å². The molecule has 0 amide bonds. The van der Waals surface area contributed by atoms with E-state index < -0.39 is 15.8 Å². The molecular weight excluding hydrogens is 300 g/mol. The largest absolute Gasteiger partial charge is 0.458 e. The summed E-state index contributed by atoms with van der Waals surface area (Å²) in [6.07, 6.45) is 4.73.